The summed E-state index contributed by atoms with van der Waals surface area (Å²) >= 11 is 0. The fourth-order valence-electron chi connectivity index (χ4n) is 2.28. The SMILES string of the molecule is CCC(CC)c1ccc(-c2cnn(C)c2)cc1. The Balaban J connectivity index is 2.23. The second-order valence-corrected chi connectivity index (χ2v) is 4.54. The smallest absolute Gasteiger partial charge is 0.0568 e. The van der Waals surface area contributed by atoms with E-state index in [2.05, 4.69) is 43.2 Å². The number of aryl methyl sites for hydroxylation is 1. The minimum absolute atomic E-state index is 0.693. The summed E-state index contributed by atoms with van der Waals surface area (Å²) in [5, 5.41) is 4.20. The van der Waals surface area contributed by atoms with Crippen molar-refractivity contribution in [1.82, 2.24) is 9.78 Å². The topological polar surface area (TPSA) is 17.8 Å². The summed E-state index contributed by atoms with van der Waals surface area (Å²) < 4.78 is 1.84. The van der Waals surface area contributed by atoms with Gasteiger partial charge in [0, 0.05) is 18.8 Å². The van der Waals surface area contributed by atoms with Crippen LogP contribution >= 0.6 is 0 Å². The number of hydrogen-bond acceptors (Lipinski definition) is 1. The van der Waals surface area contributed by atoms with Crippen molar-refractivity contribution in [2.24, 2.45) is 7.05 Å². The summed E-state index contributed by atoms with van der Waals surface area (Å²) in [5.74, 6) is 0.693. The fraction of sp³-hybridized carbons (Fsp3) is 0.400. The lowest BCUT2D eigenvalue weighted by Gasteiger charge is -2.12. The molecule has 0 bridgehead atoms. The first-order valence-corrected chi connectivity index (χ1v) is 6.33. The highest BCUT2D eigenvalue weighted by Crippen LogP contribution is 2.26. The highest BCUT2D eigenvalue weighted by molar-refractivity contribution is 5.62. The highest BCUT2D eigenvalue weighted by Gasteiger charge is 2.07. The predicted molar refractivity (Wildman–Crippen MR) is 72.0 cm³/mol. The summed E-state index contributed by atoms with van der Waals surface area (Å²) in [4.78, 5) is 0. The predicted octanol–water partition coefficient (Wildman–Crippen LogP) is 3.99. The number of nitrogens with zero attached hydrogens (tertiary/aromatic N) is 2. The molecule has 0 N–H and O–H groups in total. The Hall–Kier alpha value is -1.57. The lowest BCUT2D eigenvalue weighted by atomic mass is 9.93. The molecule has 17 heavy (non-hydrogen) atoms. The van der Waals surface area contributed by atoms with Gasteiger partial charge in [0.15, 0.2) is 0 Å². The van der Waals surface area contributed by atoms with Crippen molar-refractivity contribution in [3.8, 4) is 11.1 Å². The lowest BCUT2D eigenvalue weighted by Crippen LogP contribution is -1.94. The van der Waals surface area contributed by atoms with Gasteiger partial charge in [0.25, 0.3) is 0 Å². The summed E-state index contributed by atoms with van der Waals surface area (Å²) in [6.45, 7) is 4.51. The minimum Gasteiger partial charge on any atom is -0.275 e. The highest BCUT2D eigenvalue weighted by atomic mass is 15.2. The van der Waals surface area contributed by atoms with Crippen LogP contribution in [0.1, 0.15) is 38.2 Å². The van der Waals surface area contributed by atoms with E-state index in [0.717, 1.165) is 0 Å². The zero-order valence-electron chi connectivity index (χ0n) is 10.9. The molecule has 0 atom stereocenters. The van der Waals surface area contributed by atoms with E-state index in [1.807, 2.05) is 24.1 Å². The van der Waals surface area contributed by atoms with Crippen LogP contribution in [0.15, 0.2) is 36.7 Å². The van der Waals surface area contributed by atoms with Crippen LogP contribution in [0.4, 0.5) is 0 Å². The van der Waals surface area contributed by atoms with Crippen molar-refractivity contribution in [2.45, 2.75) is 32.6 Å². The van der Waals surface area contributed by atoms with Crippen LogP contribution in [0.2, 0.25) is 0 Å². The van der Waals surface area contributed by atoms with Crippen LogP contribution in [0.5, 0.6) is 0 Å². The Morgan fingerprint density at radius 3 is 2.18 bits per heavy atom. The molecule has 2 aromatic rings. The van der Waals surface area contributed by atoms with Gasteiger partial charge in [0.2, 0.25) is 0 Å². The average molecular weight is 228 g/mol. The van der Waals surface area contributed by atoms with Crippen LogP contribution in [0.3, 0.4) is 0 Å². The van der Waals surface area contributed by atoms with Crippen molar-refractivity contribution in [3.05, 3.63) is 42.2 Å². The number of aromatic nitrogens is 2. The monoisotopic (exact) mass is 228 g/mol. The van der Waals surface area contributed by atoms with Crippen molar-refractivity contribution in [3.63, 3.8) is 0 Å². The van der Waals surface area contributed by atoms with Crippen molar-refractivity contribution in [2.75, 3.05) is 0 Å². The second kappa shape index (κ2) is 5.17. The minimum atomic E-state index is 0.693. The molecular weight excluding hydrogens is 208 g/mol. The maximum Gasteiger partial charge on any atom is 0.0568 e. The first-order chi connectivity index (χ1) is 8.24. The third-order valence-corrected chi connectivity index (χ3v) is 3.41. The van der Waals surface area contributed by atoms with Crippen LogP contribution in [-0.4, -0.2) is 9.78 Å². The molecule has 0 fully saturated rings. The van der Waals surface area contributed by atoms with Crippen LogP contribution in [0.25, 0.3) is 11.1 Å². The van der Waals surface area contributed by atoms with Crippen LogP contribution in [0, 0.1) is 0 Å². The molecule has 90 valence electrons. The molecule has 1 aromatic heterocycles. The lowest BCUT2D eigenvalue weighted by molar-refractivity contribution is 0.642. The van der Waals surface area contributed by atoms with E-state index in [0.29, 0.717) is 5.92 Å². The van der Waals surface area contributed by atoms with Gasteiger partial charge in [0.05, 0.1) is 6.20 Å². The molecule has 0 aliphatic heterocycles. The van der Waals surface area contributed by atoms with Crippen molar-refractivity contribution >= 4 is 0 Å². The molecule has 0 unspecified atom stereocenters. The van der Waals surface area contributed by atoms with Crippen molar-refractivity contribution < 1.29 is 0 Å². The van der Waals surface area contributed by atoms with Gasteiger partial charge in [-0.25, -0.2) is 0 Å². The van der Waals surface area contributed by atoms with Gasteiger partial charge in [-0.3, -0.25) is 4.68 Å². The quantitative estimate of drug-likeness (QED) is 0.773. The van der Waals surface area contributed by atoms with E-state index < -0.39 is 0 Å². The van der Waals surface area contributed by atoms with E-state index in [9.17, 15) is 0 Å². The van der Waals surface area contributed by atoms with E-state index >= 15 is 0 Å². The second-order valence-electron chi connectivity index (χ2n) is 4.54. The molecule has 1 heterocycles. The normalized spacial score (nSPS) is 11.1. The molecule has 0 saturated carbocycles. The Bertz CT molecular complexity index is 464. The van der Waals surface area contributed by atoms with E-state index in [4.69, 9.17) is 0 Å². The molecule has 0 spiro atoms. The zero-order chi connectivity index (χ0) is 12.3. The Kier molecular flexibility index (Phi) is 3.62. The summed E-state index contributed by atoms with van der Waals surface area (Å²) in [7, 11) is 1.95. The molecule has 0 radical (unpaired) electrons. The molecule has 2 heteroatoms. The number of rotatable bonds is 4. The Morgan fingerprint density at radius 1 is 1.06 bits per heavy atom. The zero-order valence-corrected chi connectivity index (χ0v) is 10.9. The molecule has 2 rings (SSSR count). The number of benzene rings is 1. The maximum absolute atomic E-state index is 4.20. The maximum atomic E-state index is 4.20. The summed E-state index contributed by atoms with van der Waals surface area (Å²) in [5.41, 5.74) is 3.87. The van der Waals surface area contributed by atoms with E-state index in [1.54, 1.807) is 0 Å². The van der Waals surface area contributed by atoms with Crippen LogP contribution in [-0.2, 0) is 7.05 Å². The first-order valence-electron chi connectivity index (χ1n) is 6.33. The third kappa shape index (κ3) is 2.57. The molecule has 0 aliphatic rings. The van der Waals surface area contributed by atoms with Crippen molar-refractivity contribution in [1.29, 1.82) is 0 Å². The molecule has 0 saturated heterocycles. The average Bonchev–Trinajstić information content (AvgIpc) is 2.78. The molecule has 0 aliphatic carbocycles. The van der Waals surface area contributed by atoms with Gasteiger partial charge in [-0.2, -0.15) is 5.10 Å². The fourth-order valence-corrected chi connectivity index (χ4v) is 2.28. The van der Waals surface area contributed by atoms with E-state index in [-0.39, 0.29) is 0 Å². The first kappa shape index (κ1) is 11.9. The Labute approximate surface area is 103 Å². The Morgan fingerprint density at radius 2 is 1.71 bits per heavy atom. The van der Waals surface area contributed by atoms with Gasteiger partial charge in [0.1, 0.15) is 0 Å². The molecule has 2 nitrogen and oxygen atoms in total. The molecule has 0 amide bonds. The van der Waals surface area contributed by atoms with Gasteiger partial charge >= 0.3 is 0 Å². The molecular formula is C15H20N2. The third-order valence-electron chi connectivity index (χ3n) is 3.41. The summed E-state index contributed by atoms with van der Waals surface area (Å²) in [6, 6.07) is 8.90. The van der Waals surface area contributed by atoms with Gasteiger partial charge in [-0.05, 0) is 29.9 Å². The van der Waals surface area contributed by atoms with Gasteiger partial charge in [-0.1, -0.05) is 38.1 Å². The summed E-state index contributed by atoms with van der Waals surface area (Å²) in [6.07, 6.45) is 6.38. The van der Waals surface area contributed by atoms with Gasteiger partial charge < -0.3 is 0 Å². The largest absolute Gasteiger partial charge is 0.275 e. The van der Waals surface area contributed by atoms with E-state index in [1.165, 1.54) is 29.5 Å². The van der Waals surface area contributed by atoms with Gasteiger partial charge in [-0.15, -0.1) is 0 Å². The molecule has 1 aromatic carbocycles. The number of hydrogen-bond donors (Lipinski definition) is 0. The van der Waals surface area contributed by atoms with Crippen LogP contribution < -0.4 is 0 Å². The standard InChI is InChI=1S/C15H20N2/c1-4-12(5-2)13-6-8-14(9-7-13)15-10-16-17(3)11-15/h6-12H,4-5H2,1-3H3.